The quantitative estimate of drug-likeness (QED) is 0.481. The fourth-order valence-corrected chi connectivity index (χ4v) is 4.72. The van der Waals surface area contributed by atoms with Gasteiger partial charge in [-0.2, -0.15) is 0 Å². The average Bonchev–Trinajstić information content (AvgIpc) is 3.01. The van der Waals surface area contributed by atoms with Gasteiger partial charge in [-0.25, -0.2) is 9.07 Å². The number of rotatable bonds is 6. The van der Waals surface area contributed by atoms with Crippen molar-refractivity contribution < 1.29 is 9.18 Å². The van der Waals surface area contributed by atoms with Crippen LogP contribution in [0, 0.1) is 9.77 Å². The van der Waals surface area contributed by atoms with Gasteiger partial charge in [0.15, 0.2) is 8.29 Å². The van der Waals surface area contributed by atoms with Crippen LogP contribution in [0.4, 0.5) is 4.39 Å². The Morgan fingerprint density at radius 2 is 1.96 bits per heavy atom. The van der Waals surface area contributed by atoms with Gasteiger partial charge in [-0.1, -0.05) is 53.4 Å². The van der Waals surface area contributed by atoms with Crippen molar-refractivity contribution in [2.75, 3.05) is 0 Å². The Balaban J connectivity index is 1.63. The van der Waals surface area contributed by atoms with E-state index in [9.17, 15) is 9.18 Å². The first-order chi connectivity index (χ1) is 12.5. The number of carbonyl (C=O) groups excluding carboxylic acids is 1. The van der Waals surface area contributed by atoms with Crippen LogP contribution in [0.5, 0.6) is 0 Å². The van der Waals surface area contributed by atoms with Crippen LogP contribution < -0.4 is 5.32 Å². The number of halogens is 1. The molecule has 2 aromatic carbocycles. The van der Waals surface area contributed by atoms with Gasteiger partial charge in [0.05, 0.1) is 10.9 Å². The van der Waals surface area contributed by atoms with Gasteiger partial charge in [0.1, 0.15) is 5.82 Å². The lowest BCUT2D eigenvalue weighted by molar-refractivity contribution is -0.120. The third-order valence-corrected chi connectivity index (χ3v) is 5.97. The maximum Gasteiger partial charge on any atom is 0.233 e. The highest BCUT2D eigenvalue weighted by atomic mass is 32.2. The number of nitrogens with one attached hydrogen (secondary N) is 1. The summed E-state index contributed by atoms with van der Waals surface area (Å²) < 4.78 is 15.9. The molecule has 8 heteroatoms. The third kappa shape index (κ3) is 4.78. The maximum atomic E-state index is 13.1. The zero-order valence-corrected chi connectivity index (χ0v) is 16.3. The van der Waals surface area contributed by atoms with Crippen LogP contribution in [0.2, 0.25) is 0 Å². The van der Waals surface area contributed by atoms with Crippen LogP contribution in [0.25, 0.3) is 5.69 Å². The van der Waals surface area contributed by atoms with Gasteiger partial charge < -0.3 is 5.32 Å². The first-order valence-electron chi connectivity index (χ1n) is 7.87. The summed E-state index contributed by atoms with van der Waals surface area (Å²) in [5.74, 6) is -0.373. The minimum atomic E-state index is -0.311. The van der Waals surface area contributed by atoms with Crippen LogP contribution >= 0.6 is 35.3 Å². The fraction of sp³-hybridized carbons (Fsp3) is 0.167. The lowest BCUT2D eigenvalue weighted by atomic mass is 10.2. The van der Waals surface area contributed by atoms with Crippen molar-refractivity contribution in [2.24, 2.45) is 0 Å². The number of thioether (sulfide) groups is 1. The molecule has 1 amide bonds. The molecule has 0 saturated carbocycles. The Kier molecular flexibility index (Phi) is 6.18. The first kappa shape index (κ1) is 18.8. The molecule has 1 N–H and O–H groups in total. The lowest BCUT2D eigenvalue weighted by Crippen LogP contribution is -2.30. The summed E-state index contributed by atoms with van der Waals surface area (Å²) in [5.41, 5.74) is 1.75. The molecule has 0 aliphatic rings. The Labute approximate surface area is 164 Å². The van der Waals surface area contributed by atoms with Gasteiger partial charge >= 0.3 is 0 Å². The van der Waals surface area contributed by atoms with Crippen molar-refractivity contribution in [3.05, 3.63) is 69.9 Å². The highest BCUT2D eigenvalue weighted by Gasteiger charge is 2.17. The van der Waals surface area contributed by atoms with Crippen molar-refractivity contribution in [2.45, 2.75) is 23.1 Å². The molecular formula is C18H16FN3OS3. The predicted molar refractivity (Wildman–Crippen MR) is 106 cm³/mol. The maximum absolute atomic E-state index is 13.1. The van der Waals surface area contributed by atoms with E-state index in [1.54, 1.807) is 16.8 Å². The van der Waals surface area contributed by atoms with Gasteiger partial charge in [0.25, 0.3) is 0 Å². The second-order valence-corrected chi connectivity index (χ2v) is 8.70. The summed E-state index contributed by atoms with van der Waals surface area (Å²) in [6.45, 7) is 2.32. The number of hydrogen-bond acceptors (Lipinski definition) is 5. The molecule has 0 aliphatic heterocycles. The van der Waals surface area contributed by atoms with Crippen molar-refractivity contribution in [3.8, 4) is 5.69 Å². The number of nitrogens with zero attached hydrogens (tertiary/aromatic N) is 2. The molecule has 0 fully saturated rings. The molecule has 0 spiro atoms. The molecule has 1 heterocycles. The SMILES string of the molecule is C[C@H](Sc1nn(-c2ccc(F)cc2)c(=S)s1)C(=O)NCc1ccccc1. The average molecular weight is 406 g/mol. The molecule has 0 bridgehead atoms. The van der Waals surface area contributed by atoms with E-state index in [0.717, 1.165) is 5.56 Å². The summed E-state index contributed by atoms with van der Waals surface area (Å²) in [6, 6.07) is 15.7. The molecule has 0 unspecified atom stereocenters. The van der Waals surface area contributed by atoms with Gasteiger partial charge in [0.2, 0.25) is 5.91 Å². The molecule has 0 aliphatic carbocycles. The molecule has 3 rings (SSSR count). The van der Waals surface area contributed by atoms with Crippen LogP contribution in [0.15, 0.2) is 58.9 Å². The van der Waals surface area contributed by atoms with E-state index in [1.165, 1.54) is 35.2 Å². The van der Waals surface area contributed by atoms with Gasteiger partial charge in [-0.3, -0.25) is 4.79 Å². The van der Waals surface area contributed by atoms with Crippen molar-refractivity contribution >= 4 is 41.2 Å². The van der Waals surface area contributed by atoms with Crippen LogP contribution in [0.3, 0.4) is 0 Å². The monoisotopic (exact) mass is 405 g/mol. The zero-order chi connectivity index (χ0) is 18.5. The Hall–Kier alpha value is -2.03. The van der Waals surface area contributed by atoms with Crippen molar-refractivity contribution in [3.63, 3.8) is 0 Å². The standard InChI is InChI=1S/C18H16FN3OS3/c1-12(16(23)20-11-13-5-3-2-4-6-13)25-17-21-22(18(24)26-17)15-9-7-14(19)8-10-15/h2-10,12H,11H2,1H3,(H,20,23)/t12-/m0/s1. The third-order valence-electron chi connectivity index (χ3n) is 3.56. The van der Waals surface area contributed by atoms with E-state index in [2.05, 4.69) is 10.4 Å². The van der Waals surface area contributed by atoms with Crippen LogP contribution in [-0.2, 0) is 11.3 Å². The Morgan fingerprint density at radius 1 is 1.27 bits per heavy atom. The minimum Gasteiger partial charge on any atom is -0.351 e. The second-order valence-electron chi connectivity index (χ2n) is 5.49. The molecule has 0 radical (unpaired) electrons. The molecular weight excluding hydrogens is 389 g/mol. The van der Waals surface area contributed by atoms with Gasteiger partial charge in [0, 0.05) is 6.54 Å². The largest absolute Gasteiger partial charge is 0.351 e. The molecule has 3 aromatic rings. The lowest BCUT2D eigenvalue weighted by Gasteiger charge is -2.10. The molecule has 134 valence electrons. The molecule has 1 aromatic heterocycles. The minimum absolute atomic E-state index is 0.0618. The highest BCUT2D eigenvalue weighted by Crippen LogP contribution is 2.27. The summed E-state index contributed by atoms with van der Waals surface area (Å²) in [6.07, 6.45) is 0. The van der Waals surface area contributed by atoms with Gasteiger partial charge in [-0.05, 0) is 49.0 Å². The Bertz CT molecular complexity index is 938. The normalized spacial score (nSPS) is 11.9. The summed E-state index contributed by atoms with van der Waals surface area (Å²) in [7, 11) is 0. The summed E-state index contributed by atoms with van der Waals surface area (Å²) in [4.78, 5) is 12.3. The number of benzene rings is 2. The smallest absolute Gasteiger partial charge is 0.233 e. The number of carbonyl (C=O) groups is 1. The number of aromatic nitrogens is 2. The Morgan fingerprint density at radius 3 is 2.65 bits per heavy atom. The molecule has 4 nitrogen and oxygen atoms in total. The van der Waals surface area contributed by atoms with Crippen molar-refractivity contribution in [1.82, 2.24) is 15.1 Å². The fourth-order valence-electron chi connectivity index (χ4n) is 2.19. The topological polar surface area (TPSA) is 46.9 Å². The second kappa shape index (κ2) is 8.57. The zero-order valence-electron chi connectivity index (χ0n) is 13.9. The predicted octanol–water partition coefficient (Wildman–Crippen LogP) is 4.60. The highest BCUT2D eigenvalue weighted by molar-refractivity contribution is 8.02. The van der Waals surface area contributed by atoms with Crippen LogP contribution in [0.1, 0.15) is 12.5 Å². The number of hydrogen-bond donors (Lipinski definition) is 1. The van der Waals surface area contributed by atoms with Gasteiger partial charge in [-0.15, -0.1) is 5.10 Å². The van der Waals surface area contributed by atoms with E-state index in [4.69, 9.17) is 12.2 Å². The van der Waals surface area contributed by atoms with Crippen molar-refractivity contribution in [1.29, 1.82) is 0 Å². The molecule has 1 atom stereocenters. The number of amides is 1. The summed E-state index contributed by atoms with van der Waals surface area (Å²) in [5, 5.41) is 7.06. The van der Waals surface area contributed by atoms with E-state index in [1.807, 2.05) is 37.3 Å². The molecule has 0 saturated heterocycles. The molecule has 26 heavy (non-hydrogen) atoms. The van der Waals surface area contributed by atoms with E-state index >= 15 is 0 Å². The summed E-state index contributed by atoms with van der Waals surface area (Å²) >= 11 is 8.02. The van der Waals surface area contributed by atoms with E-state index in [0.29, 0.717) is 20.5 Å². The van der Waals surface area contributed by atoms with E-state index in [-0.39, 0.29) is 17.0 Å². The van der Waals surface area contributed by atoms with Crippen LogP contribution in [-0.4, -0.2) is 20.9 Å². The first-order valence-corrected chi connectivity index (χ1v) is 9.98. The van der Waals surface area contributed by atoms with E-state index < -0.39 is 0 Å².